The van der Waals surface area contributed by atoms with Crippen molar-refractivity contribution < 1.29 is 19.4 Å². The Balaban J connectivity index is 2.13. The molecule has 0 saturated carbocycles. The average molecular weight is 272 g/mol. The van der Waals surface area contributed by atoms with E-state index < -0.39 is 11.9 Å². The quantitative estimate of drug-likeness (QED) is 0.832. The van der Waals surface area contributed by atoms with Crippen molar-refractivity contribution in [1.82, 2.24) is 4.98 Å². The van der Waals surface area contributed by atoms with Gasteiger partial charge in [0.1, 0.15) is 5.75 Å². The summed E-state index contributed by atoms with van der Waals surface area (Å²) in [6.45, 7) is 0. The van der Waals surface area contributed by atoms with Gasteiger partial charge in [-0.2, -0.15) is 0 Å². The molecule has 0 aliphatic carbocycles. The lowest BCUT2D eigenvalue weighted by Crippen LogP contribution is -2.13. The number of benzene rings is 1. The average Bonchev–Trinajstić information content (AvgIpc) is 2.47. The summed E-state index contributed by atoms with van der Waals surface area (Å²) in [5.41, 5.74) is 0.795. The molecule has 0 fully saturated rings. The molecule has 20 heavy (non-hydrogen) atoms. The number of anilines is 1. The Morgan fingerprint density at radius 3 is 2.50 bits per heavy atom. The number of pyridine rings is 1. The monoisotopic (exact) mass is 272 g/mol. The summed E-state index contributed by atoms with van der Waals surface area (Å²) in [5, 5.41) is 12.1. The maximum Gasteiger partial charge on any atom is 0.337 e. The minimum atomic E-state index is -0.533. The summed E-state index contributed by atoms with van der Waals surface area (Å²) < 4.78 is 4.57. The zero-order valence-corrected chi connectivity index (χ0v) is 10.7. The van der Waals surface area contributed by atoms with Crippen molar-refractivity contribution in [3.8, 4) is 5.75 Å². The van der Waals surface area contributed by atoms with Crippen LogP contribution in [0.5, 0.6) is 5.75 Å². The van der Waals surface area contributed by atoms with Crippen LogP contribution >= 0.6 is 0 Å². The third kappa shape index (κ3) is 2.92. The van der Waals surface area contributed by atoms with Gasteiger partial charge in [-0.05, 0) is 36.4 Å². The molecule has 0 aliphatic rings. The smallest absolute Gasteiger partial charge is 0.337 e. The molecule has 0 radical (unpaired) electrons. The Morgan fingerprint density at radius 2 is 1.90 bits per heavy atom. The second-order valence-corrected chi connectivity index (χ2v) is 3.89. The lowest BCUT2D eigenvalue weighted by atomic mass is 10.2. The van der Waals surface area contributed by atoms with Crippen LogP contribution in [0.15, 0.2) is 42.6 Å². The molecular weight excluding hydrogens is 260 g/mol. The molecule has 0 atom stereocenters. The zero-order valence-electron chi connectivity index (χ0n) is 10.7. The van der Waals surface area contributed by atoms with Gasteiger partial charge < -0.3 is 15.2 Å². The number of rotatable bonds is 3. The van der Waals surface area contributed by atoms with Crippen LogP contribution in [0, 0.1) is 0 Å². The molecule has 0 aliphatic heterocycles. The zero-order chi connectivity index (χ0) is 14.5. The van der Waals surface area contributed by atoms with Crippen LogP contribution in [-0.4, -0.2) is 29.1 Å². The van der Waals surface area contributed by atoms with Gasteiger partial charge in [-0.15, -0.1) is 0 Å². The highest BCUT2D eigenvalue weighted by Gasteiger charge is 2.12. The lowest BCUT2D eigenvalue weighted by molar-refractivity contribution is 0.0600. The molecule has 6 heteroatoms. The van der Waals surface area contributed by atoms with E-state index in [4.69, 9.17) is 0 Å². The second kappa shape index (κ2) is 5.83. The number of carbonyl (C=O) groups excluding carboxylic acids is 2. The molecule has 6 nitrogen and oxygen atoms in total. The topological polar surface area (TPSA) is 88.5 Å². The van der Waals surface area contributed by atoms with Gasteiger partial charge in [-0.1, -0.05) is 0 Å². The molecule has 1 amide bonds. The van der Waals surface area contributed by atoms with Crippen molar-refractivity contribution in [2.75, 3.05) is 12.4 Å². The normalized spacial score (nSPS) is 9.85. The van der Waals surface area contributed by atoms with Crippen molar-refractivity contribution >= 4 is 17.6 Å². The molecule has 2 N–H and O–H groups in total. The lowest BCUT2D eigenvalue weighted by Gasteiger charge is -2.06. The summed E-state index contributed by atoms with van der Waals surface area (Å²) >= 11 is 0. The van der Waals surface area contributed by atoms with Crippen molar-refractivity contribution in [3.05, 3.63) is 53.9 Å². The Labute approximate surface area is 115 Å². The highest BCUT2D eigenvalue weighted by Crippen LogP contribution is 2.16. The van der Waals surface area contributed by atoms with Crippen LogP contribution in [0.2, 0.25) is 0 Å². The van der Waals surface area contributed by atoms with Gasteiger partial charge in [0.25, 0.3) is 5.91 Å². The third-order valence-electron chi connectivity index (χ3n) is 2.57. The van der Waals surface area contributed by atoms with E-state index in [1.807, 2.05) is 0 Å². The predicted molar refractivity (Wildman–Crippen MR) is 71.6 cm³/mol. The number of hydrogen-bond acceptors (Lipinski definition) is 5. The summed E-state index contributed by atoms with van der Waals surface area (Å²) in [7, 11) is 1.29. The van der Waals surface area contributed by atoms with Crippen LogP contribution in [0.3, 0.4) is 0 Å². The number of aromatic hydroxyl groups is 1. The highest BCUT2D eigenvalue weighted by molar-refractivity contribution is 6.04. The van der Waals surface area contributed by atoms with Gasteiger partial charge in [0.2, 0.25) is 0 Å². The first-order chi connectivity index (χ1) is 9.61. The molecule has 0 bridgehead atoms. The van der Waals surface area contributed by atoms with Crippen molar-refractivity contribution in [1.29, 1.82) is 0 Å². The minimum absolute atomic E-state index is 0.0652. The summed E-state index contributed by atoms with van der Waals surface area (Å²) in [5.74, 6) is -1.18. The molecule has 1 aromatic heterocycles. The maximum atomic E-state index is 11.9. The molecule has 0 unspecified atom stereocenters. The Kier molecular flexibility index (Phi) is 3.95. The molecule has 1 aromatic carbocycles. The van der Waals surface area contributed by atoms with E-state index in [1.165, 1.54) is 37.6 Å². The molecule has 1 heterocycles. The van der Waals surface area contributed by atoms with Crippen LogP contribution < -0.4 is 5.32 Å². The second-order valence-electron chi connectivity index (χ2n) is 3.89. The van der Waals surface area contributed by atoms with Crippen LogP contribution in [0.1, 0.15) is 20.8 Å². The van der Waals surface area contributed by atoms with E-state index in [0.717, 1.165) is 0 Å². The van der Waals surface area contributed by atoms with E-state index in [0.29, 0.717) is 11.3 Å². The van der Waals surface area contributed by atoms with Crippen molar-refractivity contribution in [3.63, 3.8) is 0 Å². The minimum Gasteiger partial charge on any atom is -0.505 e. The number of nitrogens with one attached hydrogen (secondary N) is 1. The number of nitrogens with zero attached hydrogens (tertiary/aromatic N) is 1. The molecule has 102 valence electrons. The number of amides is 1. The van der Waals surface area contributed by atoms with E-state index in [1.54, 1.807) is 12.1 Å². The standard InChI is InChI=1S/C14H12N2O4/c1-20-14(19)9-4-6-10(7-5-9)16-13(18)12-11(17)3-2-8-15-12/h2-8,17H,1H3,(H,16,18). The molecule has 0 spiro atoms. The highest BCUT2D eigenvalue weighted by atomic mass is 16.5. The van der Waals surface area contributed by atoms with Gasteiger partial charge in [-0.25, -0.2) is 9.78 Å². The largest absolute Gasteiger partial charge is 0.505 e. The van der Waals surface area contributed by atoms with E-state index >= 15 is 0 Å². The van der Waals surface area contributed by atoms with E-state index in [-0.39, 0.29) is 11.4 Å². The summed E-state index contributed by atoms with van der Waals surface area (Å²) in [6, 6.07) is 9.08. The Hall–Kier alpha value is -2.89. The summed E-state index contributed by atoms with van der Waals surface area (Å²) in [4.78, 5) is 26.9. The van der Waals surface area contributed by atoms with Crippen LogP contribution in [0.25, 0.3) is 0 Å². The van der Waals surface area contributed by atoms with Gasteiger partial charge in [-0.3, -0.25) is 4.79 Å². The SMILES string of the molecule is COC(=O)c1ccc(NC(=O)c2ncccc2O)cc1. The first kappa shape index (κ1) is 13.5. The number of esters is 1. The molecule has 0 saturated heterocycles. The van der Waals surface area contributed by atoms with Crippen LogP contribution in [-0.2, 0) is 4.74 Å². The van der Waals surface area contributed by atoms with Gasteiger partial charge in [0.15, 0.2) is 5.69 Å². The Bertz CT molecular complexity index is 638. The molecule has 2 aromatic rings. The number of carbonyl (C=O) groups is 2. The number of hydrogen-bond donors (Lipinski definition) is 2. The number of aromatic nitrogens is 1. The predicted octanol–water partition coefficient (Wildman–Crippen LogP) is 1.83. The van der Waals surface area contributed by atoms with Crippen molar-refractivity contribution in [2.45, 2.75) is 0 Å². The molecule has 2 rings (SSSR count). The maximum absolute atomic E-state index is 11.9. The fraction of sp³-hybridized carbons (Fsp3) is 0.0714. The van der Waals surface area contributed by atoms with Crippen molar-refractivity contribution in [2.24, 2.45) is 0 Å². The fourth-order valence-corrected chi connectivity index (χ4v) is 1.57. The van der Waals surface area contributed by atoms with Gasteiger partial charge in [0.05, 0.1) is 12.7 Å². The first-order valence-corrected chi connectivity index (χ1v) is 5.75. The van der Waals surface area contributed by atoms with E-state index in [9.17, 15) is 14.7 Å². The summed E-state index contributed by atoms with van der Waals surface area (Å²) in [6.07, 6.45) is 1.41. The first-order valence-electron chi connectivity index (χ1n) is 5.75. The van der Waals surface area contributed by atoms with Crippen LogP contribution in [0.4, 0.5) is 5.69 Å². The van der Waals surface area contributed by atoms with Gasteiger partial charge >= 0.3 is 5.97 Å². The number of methoxy groups -OCH3 is 1. The third-order valence-corrected chi connectivity index (χ3v) is 2.57. The molecular formula is C14H12N2O4. The fourth-order valence-electron chi connectivity index (χ4n) is 1.57. The van der Waals surface area contributed by atoms with E-state index in [2.05, 4.69) is 15.0 Å². The van der Waals surface area contributed by atoms with Gasteiger partial charge in [0, 0.05) is 11.9 Å². The Morgan fingerprint density at radius 1 is 1.20 bits per heavy atom. The number of ether oxygens (including phenoxy) is 1.